The Bertz CT molecular complexity index is 340. The molecule has 1 aromatic rings. The lowest BCUT2D eigenvalue weighted by atomic mass is 10.1. The topological polar surface area (TPSA) is 28.2 Å². The number of nitrogens with zero attached hydrogens (tertiary/aromatic N) is 2. The van der Waals surface area contributed by atoms with Gasteiger partial charge >= 0.3 is 0 Å². The monoisotopic (exact) mass is 269 g/mol. The maximum absolute atomic E-state index is 6.06. The third-order valence-electron chi connectivity index (χ3n) is 3.15. The van der Waals surface area contributed by atoms with Crippen LogP contribution in [0.3, 0.4) is 0 Å². The quantitative estimate of drug-likeness (QED) is 0.781. The Hall–Kier alpha value is -0.800. The zero-order chi connectivity index (χ0) is 13.4. The van der Waals surface area contributed by atoms with Gasteiger partial charge in [-0.05, 0) is 51.5 Å². The Kier molecular flexibility index (Phi) is 7.06. The molecule has 18 heavy (non-hydrogen) atoms. The Balaban J connectivity index is 2.30. The summed E-state index contributed by atoms with van der Waals surface area (Å²) >= 11 is 6.06. The number of halogens is 1. The Morgan fingerprint density at radius 1 is 1.39 bits per heavy atom. The van der Waals surface area contributed by atoms with E-state index in [9.17, 15) is 0 Å². The summed E-state index contributed by atoms with van der Waals surface area (Å²) in [5.41, 5.74) is 0. The molecule has 0 saturated heterocycles. The van der Waals surface area contributed by atoms with Gasteiger partial charge in [0.15, 0.2) is 0 Å². The molecule has 0 aliphatic heterocycles. The van der Waals surface area contributed by atoms with E-state index in [1.165, 1.54) is 6.42 Å². The van der Waals surface area contributed by atoms with Gasteiger partial charge in [0, 0.05) is 12.2 Å². The third-order valence-corrected chi connectivity index (χ3v) is 3.45. The van der Waals surface area contributed by atoms with Crippen molar-refractivity contribution in [2.45, 2.75) is 39.7 Å². The van der Waals surface area contributed by atoms with Crippen LogP contribution in [0.15, 0.2) is 18.3 Å². The van der Waals surface area contributed by atoms with Crippen LogP contribution < -0.4 is 5.32 Å². The number of aromatic nitrogens is 1. The van der Waals surface area contributed by atoms with Gasteiger partial charge in [-0.3, -0.25) is 0 Å². The van der Waals surface area contributed by atoms with Crippen molar-refractivity contribution in [1.82, 2.24) is 9.88 Å². The lowest BCUT2D eigenvalue weighted by Gasteiger charge is -2.20. The van der Waals surface area contributed by atoms with Gasteiger partial charge in [-0.2, -0.15) is 0 Å². The number of rotatable bonds is 8. The summed E-state index contributed by atoms with van der Waals surface area (Å²) in [4.78, 5) is 6.69. The normalized spacial score (nSPS) is 12.7. The highest BCUT2D eigenvalue weighted by molar-refractivity contribution is 6.32. The minimum absolute atomic E-state index is 0.396. The Morgan fingerprint density at radius 2 is 2.11 bits per heavy atom. The molecule has 1 heterocycles. The Morgan fingerprint density at radius 3 is 2.72 bits per heavy atom. The molecule has 0 fully saturated rings. The van der Waals surface area contributed by atoms with Crippen LogP contribution in [-0.2, 0) is 0 Å². The molecule has 4 heteroatoms. The fraction of sp³-hybridized carbons (Fsp3) is 0.643. The van der Waals surface area contributed by atoms with Crippen LogP contribution >= 0.6 is 11.6 Å². The fourth-order valence-corrected chi connectivity index (χ4v) is 2.13. The molecule has 0 saturated carbocycles. The largest absolute Gasteiger partial charge is 0.366 e. The molecule has 0 aromatic carbocycles. The maximum atomic E-state index is 6.06. The number of hydrogen-bond donors (Lipinski definition) is 1. The molecule has 102 valence electrons. The molecule has 1 N–H and O–H groups in total. The first kappa shape index (κ1) is 15.3. The lowest BCUT2D eigenvalue weighted by molar-refractivity contribution is 0.295. The molecular formula is C14H24ClN3. The summed E-state index contributed by atoms with van der Waals surface area (Å²) in [6, 6.07) is 4.10. The van der Waals surface area contributed by atoms with Crippen molar-refractivity contribution in [3.63, 3.8) is 0 Å². The number of hydrogen-bond acceptors (Lipinski definition) is 3. The first-order valence-corrected chi connectivity index (χ1v) is 7.14. The molecule has 0 bridgehead atoms. The number of anilines is 1. The summed E-state index contributed by atoms with van der Waals surface area (Å²) in [7, 11) is 0. The molecule has 0 spiro atoms. The van der Waals surface area contributed by atoms with Gasteiger partial charge < -0.3 is 10.2 Å². The van der Waals surface area contributed by atoms with E-state index in [1.807, 2.05) is 12.1 Å². The average Bonchev–Trinajstić information content (AvgIpc) is 2.37. The molecule has 0 amide bonds. The van der Waals surface area contributed by atoms with Crippen molar-refractivity contribution in [2.24, 2.45) is 0 Å². The van der Waals surface area contributed by atoms with Gasteiger partial charge in [0.1, 0.15) is 5.82 Å². The second-order valence-electron chi connectivity index (χ2n) is 4.55. The van der Waals surface area contributed by atoms with E-state index in [0.29, 0.717) is 11.1 Å². The smallest absolute Gasteiger partial charge is 0.144 e. The molecule has 0 aliphatic carbocycles. The van der Waals surface area contributed by atoms with Crippen LogP contribution in [0.4, 0.5) is 5.82 Å². The third kappa shape index (κ3) is 5.23. The van der Waals surface area contributed by atoms with Gasteiger partial charge in [0.25, 0.3) is 0 Å². The minimum Gasteiger partial charge on any atom is -0.366 e. The van der Waals surface area contributed by atoms with E-state index >= 15 is 0 Å². The summed E-state index contributed by atoms with van der Waals surface area (Å²) in [5.74, 6) is 0.787. The van der Waals surface area contributed by atoms with E-state index < -0.39 is 0 Å². The molecular weight excluding hydrogens is 246 g/mol. The summed E-state index contributed by atoms with van der Waals surface area (Å²) in [6.45, 7) is 10.0. The van der Waals surface area contributed by atoms with Gasteiger partial charge in [0.2, 0.25) is 0 Å². The van der Waals surface area contributed by atoms with Crippen molar-refractivity contribution in [1.29, 1.82) is 0 Å². The van der Waals surface area contributed by atoms with E-state index in [2.05, 4.69) is 36.0 Å². The summed E-state index contributed by atoms with van der Waals surface area (Å²) < 4.78 is 0. The second kappa shape index (κ2) is 8.33. The van der Waals surface area contributed by atoms with Gasteiger partial charge in [0.05, 0.1) is 5.02 Å². The van der Waals surface area contributed by atoms with Crippen LogP contribution in [0.5, 0.6) is 0 Å². The highest BCUT2D eigenvalue weighted by Gasteiger charge is 2.06. The molecule has 1 aromatic heterocycles. The van der Waals surface area contributed by atoms with Gasteiger partial charge in [-0.15, -0.1) is 0 Å². The highest BCUT2D eigenvalue weighted by Crippen LogP contribution is 2.19. The lowest BCUT2D eigenvalue weighted by Crippen LogP contribution is -2.25. The molecule has 0 radical (unpaired) electrons. The van der Waals surface area contributed by atoms with E-state index in [0.717, 1.165) is 31.9 Å². The maximum Gasteiger partial charge on any atom is 0.144 e. The predicted molar refractivity (Wildman–Crippen MR) is 79.4 cm³/mol. The zero-order valence-electron chi connectivity index (χ0n) is 11.6. The van der Waals surface area contributed by atoms with Crippen molar-refractivity contribution in [3.05, 3.63) is 23.4 Å². The van der Waals surface area contributed by atoms with Crippen LogP contribution in [0.25, 0.3) is 0 Å². The highest BCUT2D eigenvalue weighted by atomic mass is 35.5. The molecule has 1 atom stereocenters. The van der Waals surface area contributed by atoms with Crippen molar-refractivity contribution in [3.8, 4) is 0 Å². The van der Waals surface area contributed by atoms with Crippen LogP contribution in [0.1, 0.15) is 33.6 Å². The first-order chi connectivity index (χ1) is 8.67. The summed E-state index contributed by atoms with van der Waals surface area (Å²) in [6.07, 6.45) is 4.08. The van der Waals surface area contributed by atoms with Crippen molar-refractivity contribution in [2.75, 3.05) is 25.0 Å². The minimum atomic E-state index is 0.396. The van der Waals surface area contributed by atoms with Crippen LogP contribution in [-0.4, -0.2) is 35.6 Å². The summed E-state index contributed by atoms with van der Waals surface area (Å²) in [5, 5.41) is 4.05. The predicted octanol–water partition coefficient (Wildman–Crippen LogP) is 3.66. The van der Waals surface area contributed by atoms with Crippen LogP contribution in [0, 0.1) is 0 Å². The molecule has 0 aliphatic rings. The standard InChI is InChI=1S/C14H24ClN3/c1-4-18(5-2)11-7-8-12(3)17-14-13(15)9-6-10-16-14/h6,9-10,12H,4-5,7-8,11H2,1-3H3,(H,16,17). The SMILES string of the molecule is CCN(CC)CCCC(C)Nc1ncccc1Cl. The second-order valence-corrected chi connectivity index (χ2v) is 4.96. The molecule has 1 unspecified atom stereocenters. The fourth-order valence-electron chi connectivity index (χ4n) is 1.96. The van der Waals surface area contributed by atoms with E-state index in [-0.39, 0.29) is 0 Å². The van der Waals surface area contributed by atoms with Crippen molar-refractivity contribution < 1.29 is 0 Å². The molecule has 3 nitrogen and oxygen atoms in total. The van der Waals surface area contributed by atoms with Crippen LogP contribution in [0.2, 0.25) is 5.02 Å². The Labute approximate surface area is 116 Å². The van der Waals surface area contributed by atoms with E-state index in [4.69, 9.17) is 11.6 Å². The van der Waals surface area contributed by atoms with Crippen molar-refractivity contribution >= 4 is 17.4 Å². The zero-order valence-corrected chi connectivity index (χ0v) is 12.4. The number of pyridine rings is 1. The molecule has 1 rings (SSSR count). The first-order valence-electron chi connectivity index (χ1n) is 6.76. The van der Waals surface area contributed by atoms with Gasteiger partial charge in [-0.25, -0.2) is 4.98 Å². The number of nitrogens with one attached hydrogen (secondary N) is 1. The van der Waals surface area contributed by atoms with E-state index in [1.54, 1.807) is 6.20 Å². The average molecular weight is 270 g/mol. The van der Waals surface area contributed by atoms with Gasteiger partial charge in [-0.1, -0.05) is 25.4 Å².